The van der Waals surface area contributed by atoms with Crippen LogP contribution in [0.3, 0.4) is 0 Å². The van der Waals surface area contributed by atoms with Gasteiger partial charge in [0.15, 0.2) is 11.0 Å². The molecule has 4 rings (SSSR count). The maximum atomic E-state index is 12.8. The molecule has 8 nitrogen and oxygen atoms in total. The van der Waals surface area contributed by atoms with Crippen LogP contribution in [-0.4, -0.2) is 45.6 Å². The summed E-state index contributed by atoms with van der Waals surface area (Å²) in [5.41, 5.74) is 3.58. The molecule has 180 valence electrons. The lowest BCUT2D eigenvalue weighted by molar-refractivity contribution is -0.113. The first-order valence-corrected chi connectivity index (χ1v) is 12.1. The fourth-order valence-corrected chi connectivity index (χ4v) is 4.39. The minimum atomic E-state index is -0.181. The van der Waals surface area contributed by atoms with Crippen LogP contribution in [0.2, 0.25) is 0 Å². The first kappa shape index (κ1) is 24.3. The number of nitrogens with one attached hydrogen (secondary N) is 1. The van der Waals surface area contributed by atoms with E-state index < -0.39 is 0 Å². The van der Waals surface area contributed by atoms with Gasteiger partial charge in [-0.2, -0.15) is 0 Å². The molecule has 0 aliphatic rings. The average molecular weight is 490 g/mol. The van der Waals surface area contributed by atoms with Crippen molar-refractivity contribution in [3.63, 3.8) is 0 Å². The van der Waals surface area contributed by atoms with Crippen molar-refractivity contribution in [2.75, 3.05) is 25.3 Å². The first-order chi connectivity index (χ1) is 17.0. The molecule has 0 radical (unpaired) electrons. The molecule has 9 heteroatoms. The zero-order valence-electron chi connectivity index (χ0n) is 20.1. The number of nitrogens with zero attached hydrogens (tertiary/aromatic N) is 4. The Balaban J connectivity index is 1.63. The maximum Gasteiger partial charge on any atom is 0.234 e. The summed E-state index contributed by atoms with van der Waals surface area (Å²) in [5.74, 6) is 2.12. The fraction of sp³-hybridized carbons (Fsp3) is 0.231. The lowest BCUT2D eigenvalue weighted by atomic mass is 10.0. The largest absolute Gasteiger partial charge is 0.497 e. The molecular formula is C26H27N5O3S. The van der Waals surface area contributed by atoms with E-state index in [4.69, 9.17) is 9.47 Å². The van der Waals surface area contributed by atoms with Gasteiger partial charge in [-0.1, -0.05) is 43.8 Å². The van der Waals surface area contributed by atoms with Crippen molar-refractivity contribution in [1.82, 2.24) is 19.7 Å². The third-order valence-corrected chi connectivity index (χ3v) is 6.25. The lowest BCUT2D eigenvalue weighted by Crippen LogP contribution is -2.15. The summed E-state index contributed by atoms with van der Waals surface area (Å²) in [6.45, 7) is 4.30. The summed E-state index contributed by atoms with van der Waals surface area (Å²) in [6.07, 6.45) is 3.48. The van der Waals surface area contributed by atoms with Crippen LogP contribution < -0.4 is 14.8 Å². The molecule has 0 fully saturated rings. The van der Waals surface area contributed by atoms with Gasteiger partial charge in [0, 0.05) is 41.8 Å². The van der Waals surface area contributed by atoms with Gasteiger partial charge < -0.3 is 14.8 Å². The molecule has 2 aromatic heterocycles. The van der Waals surface area contributed by atoms with E-state index in [1.54, 1.807) is 44.8 Å². The topological polar surface area (TPSA) is 91.2 Å². The number of aromatic nitrogens is 4. The Kier molecular flexibility index (Phi) is 7.67. The van der Waals surface area contributed by atoms with Gasteiger partial charge >= 0.3 is 0 Å². The summed E-state index contributed by atoms with van der Waals surface area (Å²) in [4.78, 5) is 17.0. The predicted octanol–water partition coefficient (Wildman–Crippen LogP) is 5.20. The highest BCUT2D eigenvalue weighted by atomic mass is 32.2. The normalized spacial score (nSPS) is 10.9. The molecule has 2 heterocycles. The molecule has 1 N–H and O–H groups in total. The number of methoxy groups -OCH3 is 2. The number of hydrogen-bond donors (Lipinski definition) is 1. The van der Waals surface area contributed by atoms with Crippen LogP contribution in [0.4, 0.5) is 5.69 Å². The number of ether oxygens (including phenoxy) is 2. The Bertz CT molecular complexity index is 1290. The standard InChI is InChI=1S/C26H27N5O3S/c1-17(2)22-9-5-6-10-23(22)31-25(18-8-7-11-27-15-18)29-30-26(31)35-16-24(32)28-19-12-20(33-3)14-21(13-19)34-4/h5-15,17H,16H2,1-4H3,(H,28,32). The van der Waals surface area contributed by atoms with Gasteiger partial charge in [0.2, 0.25) is 5.91 Å². The third-order valence-electron chi connectivity index (χ3n) is 5.32. The van der Waals surface area contributed by atoms with Gasteiger partial charge in [-0.3, -0.25) is 14.3 Å². The van der Waals surface area contributed by atoms with Crippen LogP contribution in [0.1, 0.15) is 25.3 Å². The second-order valence-electron chi connectivity index (χ2n) is 8.03. The van der Waals surface area contributed by atoms with Crippen LogP contribution in [0, 0.1) is 0 Å². The molecule has 0 aliphatic heterocycles. The monoisotopic (exact) mass is 489 g/mol. The van der Waals surface area contributed by atoms with E-state index in [9.17, 15) is 4.79 Å². The molecule has 4 aromatic rings. The fourth-order valence-electron chi connectivity index (χ4n) is 3.65. The van der Waals surface area contributed by atoms with E-state index in [-0.39, 0.29) is 11.7 Å². The molecule has 1 amide bonds. The second-order valence-corrected chi connectivity index (χ2v) is 8.98. The lowest BCUT2D eigenvalue weighted by Gasteiger charge is -2.17. The number of anilines is 1. The second kappa shape index (κ2) is 11.1. The van der Waals surface area contributed by atoms with Gasteiger partial charge in [0.1, 0.15) is 11.5 Å². The van der Waals surface area contributed by atoms with Crippen LogP contribution in [0.5, 0.6) is 11.5 Å². The maximum absolute atomic E-state index is 12.8. The molecule has 0 saturated carbocycles. The van der Waals surface area contributed by atoms with E-state index in [0.29, 0.717) is 34.1 Å². The molecule has 0 unspecified atom stereocenters. The quantitative estimate of drug-likeness (QED) is 0.323. The van der Waals surface area contributed by atoms with Crippen molar-refractivity contribution >= 4 is 23.4 Å². The van der Waals surface area contributed by atoms with E-state index in [1.165, 1.54) is 11.8 Å². The third kappa shape index (κ3) is 5.63. The number of carbonyl (C=O) groups is 1. The van der Waals surface area contributed by atoms with Crippen LogP contribution >= 0.6 is 11.8 Å². The highest BCUT2D eigenvalue weighted by Crippen LogP contribution is 2.32. The van der Waals surface area contributed by atoms with Gasteiger partial charge in [-0.05, 0) is 29.7 Å². The predicted molar refractivity (Wildman–Crippen MR) is 138 cm³/mol. The Morgan fingerprint density at radius 3 is 2.43 bits per heavy atom. The van der Waals surface area contributed by atoms with Gasteiger partial charge in [-0.15, -0.1) is 10.2 Å². The molecule has 0 aliphatic carbocycles. The molecule has 2 aromatic carbocycles. The average Bonchev–Trinajstić information content (AvgIpc) is 3.31. The SMILES string of the molecule is COc1cc(NC(=O)CSc2nnc(-c3cccnc3)n2-c2ccccc2C(C)C)cc(OC)c1. The van der Waals surface area contributed by atoms with E-state index in [1.807, 2.05) is 34.9 Å². The van der Waals surface area contributed by atoms with Gasteiger partial charge in [0.05, 0.1) is 25.7 Å². The number of rotatable bonds is 9. The van der Waals surface area contributed by atoms with Crippen molar-refractivity contribution in [2.24, 2.45) is 0 Å². The number of pyridine rings is 1. The molecule has 0 bridgehead atoms. The first-order valence-electron chi connectivity index (χ1n) is 11.1. The molecule has 35 heavy (non-hydrogen) atoms. The number of thioether (sulfide) groups is 1. The number of hydrogen-bond acceptors (Lipinski definition) is 7. The number of benzene rings is 2. The number of carbonyl (C=O) groups excluding carboxylic acids is 1. The zero-order chi connectivity index (χ0) is 24.8. The summed E-state index contributed by atoms with van der Waals surface area (Å²) in [6, 6.07) is 17.2. The number of para-hydroxylation sites is 1. The molecule has 0 atom stereocenters. The Morgan fingerprint density at radius 2 is 1.77 bits per heavy atom. The minimum absolute atomic E-state index is 0.147. The molecule has 0 saturated heterocycles. The van der Waals surface area contributed by atoms with E-state index in [0.717, 1.165) is 16.8 Å². The van der Waals surface area contributed by atoms with Crippen molar-refractivity contribution in [3.8, 4) is 28.6 Å². The number of amides is 1. The van der Waals surface area contributed by atoms with Crippen molar-refractivity contribution in [1.29, 1.82) is 0 Å². The van der Waals surface area contributed by atoms with Gasteiger partial charge in [0.25, 0.3) is 0 Å². The Hall–Kier alpha value is -3.85. The highest BCUT2D eigenvalue weighted by molar-refractivity contribution is 7.99. The molecular weight excluding hydrogens is 462 g/mol. The molecule has 0 spiro atoms. The smallest absolute Gasteiger partial charge is 0.234 e. The van der Waals surface area contributed by atoms with Crippen LogP contribution in [0.25, 0.3) is 17.1 Å². The Labute approximate surface area is 208 Å². The van der Waals surface area contributed by atoms with E-state index in [2.05, 4.69) is 40.4 Å². The highest BCUT2D eigenvalue weighted by Gasteiger charge is 2.20. The summed E-state index contributed by atoms with van der Waals surface area (Å²) in [5, 5.41) is 12.4. The van der Waals surface area contributed by atoms with Crippen LogP contribution in [-0.2, 0) is 4.79 Å². The summed E-state index contributed by atoms with van der Waals surface area (Å²) < 4.78 is 12.6. The van der Waals surface area contributed by atoms with Crippen molar-refractivity contribution in [2.45, 2.75) is 24.9 Å². The summed E-state index contributed by atoms with van der Waals surface area (Å²) >= 11 is 1.32. The van der Waals surface area contributed by atoms with Crippen LogP contribution in [0.15, 0.2) is 72.1 Å². The Morgan fingerprint density at radius 1 is 1.03 bits per heavy atom. The van der Waals surface area contributed by atoms with E-state index >= 15 is 0 Å². The van der Waals surface area contributed by atoms with Crippen molar-refractivity contribution < 1.29 is 14.3 Å². The van der Waals surface area contributed by atoms with Crippen molar-refractivity contribution in [3.05, 3.63) is 72.6 Å². The van der Waals surface area contributed by atoms with Gasteiger partial charge in [-0.25, -0.2) is 0 Å². The zero-order valence-corrected chi connectivity index (χ0v) is 20.9. The minimum Gasteiger partial charge on any atom is -0.497 e. The summed E-state index contributed by atoms with van der Waals surface area (Å²) in [7, 11) is 3.13.